The molecule has 0 aliphatic rings. The Morgan fingerprint density at radius 1 is 1.35 bits per heavy atom. The maximum absolute atomic E-state index is 11.0. The van der Waals surface area contributed by atoms with Gasteiger partial charge in [-0.25, -0.2) is 4.79 Å². The number of rotatable bonds is 9. The van der Waals surface area contributed by atoms with Gasteiger partial charge in [0, 0.05) is 13.7 Å². The predicted octanol–water partition coefficient (Wildman–Crippen LogP) is -0.0588. The van der Waals surface area contributed by atoms with E-state index in [0.717, 1.165) is 0 Å². The standard InChI is InChI=1S/C10H20N2O5/c1-16-6-7-17-10(15)12-5-3-2-4-8(11)9(13)14/h8H,2-7,11H2,1H3,(H,12,15)(H,13,14)/t8-/m0/s1. The Morgan fingerprint density at radius 3 is 2.65 bits per heavy atom. The summed E-state index contributed by atoms with van der Waals surface area (Å²) in [6.45, 7) is 1.02. The highest BCUT2D eigenvalue weighted by Gasteiger charge is 2.10. The molecule has 0 aliphatic heterocycles. The van der Waals surface area contributed by atoms with Gasteiger partial charge in [0.05, 0.1) is 6.61 Å². The normalized spacial score (nSPS) is 11.9. The average Bonchev–Trinajstić information content (AvgIpc) is 2.28. The first-order valence-electron chi connectivity index (χ1n) is 5.46. The minimum atomic E-state index is -1.00. The molecule has 0 aromatic rings. The molecule has 1 atom stereocenters. The van der Waals surface area contributed by atoms with Gasteiger partial charge in [-0.05, 0) is 19.3 Å². The summed E-state index contributed by atoms with van der Waals surface area (Å²) in [5.41, 5.74) is 5.31. The van der Waals surface area contributed by atoms with Crippen LogP contribution in [0, 0.1) is 0 Å². The van der Waals surface area contributed by atoms with Crippen molar-refractivity contribution in [2.24, 2.45) is 5.73 Å². The molecule has 7 nitrogen and oxygen atoms in total. The molecule has 0 heterocycles. The number of nitrogens with two attached hydrogens (primary N) is 1. The van der Waals surface area contributed by atoms with E-state index in [9.17, 15) is 9.59 Å². The third kappa shape index (κ3) is 9.58. The summed E-state index contributed by atoms with van der Waals surface area (Å²) in [7, 11) is 1.52. The number of hydrogen-bond acceptors (Lipinski definition) is 5. The summed E-state index contributed by atoms with van der Waals surface area (Å²) in [6.07, 6.45) is 1.21. The summed E-state index contributed by atoms with van der Waals surface area (Å²) in [6, 6.07) is -0.830. The number of hydrogen-bond donors (Lipinski definition) is 3. The van der Waals surface area contributed by atoms with Gasteiger partial charge in [-0.2, -0.15) is 0 Å². The fourth-order valence-electron chi connectivity index (χ4n) is 1.07. The largest absolute Gasteiger partial charge is 0.480 e. The van der Waals surface area contributed by atoms with Crippen molar-refractivity contribution in [2.75, 3.05) is 26.9 Å². The fraction of sp³-hybridized carbons (Fsp3) is 0.800. The molecule has 0 saturated heterocycles. The summed E-state index contributed by atoms with van der Waals surface area (Å²) >= 11 is 0. The summed E-state index contributed by atoms with van der Waals surface area (Å²) in [5.74, 6) is -1.00. The van der Waals surface area contributed by atoms with Gasteiger partial charge in [0.25, 0.3) is 0 Å². The van der Waals surface area contributed by atoms with E-state index in [1.807, 2.05) is 0 Å². The van der Waals surface area contributed by atoms with E-state index in [-0.39, 0.29) is 6.61 Å². The lowest BCUT2D eigenvalue weighted by Gasteiger charge is -2.07. The van der Waals surface area contributed by atoms with Crippen molar-refractivity contribution >= 4 is 12.1 Å². The summed E-state index contributed by atoms with van der Waals surface area (Å²) in [5, 5.41) is 11.1. The van der Waals surface area contributed by atoms with Crippen LogP contribution in [-0.4, -0.2) is 50.1 Å². The van der Waals surface area contributed by atoms with E-state index in [1.54, 1.807) is 0 Å². The first-order valence-corrected chi connectivity index (χ1v) is 5.46. The Labute approximate surface area is 100 Å². The topological polar surface area (TPSA) is 111 Å². The number of carboxylic acids is 1. The SMILES string of the molecule is COCCOC(=O)NCCCC[C@H](N)C(=O)O. The third-order valence-corrected chi connectivity index (χ3v) is 2.05. The second kappa shape index (κ2) is 9.86. The molecule has 1 amide bonds. The molecular weight excluding hydrogens is 228 g/mol. The number of nitrogens with one attached hydrogen (secondary N) is 1. The molecular formula is C10H20N2O5. The van der Waals surface area contributed by atoms with Crippen molar-refractivity contribution in [3.05, 3.63) is 0 Å². The summed E-state index contributed by atoms with van der Waals surface area (Å²) in [4.78, 5) is 21.4. The zero-order valence-electron chi connectivity index (χ0n) is 9.98. The molecule has 17 heavy (non-hydrogen) atoms. The van der Waals surface area contributed by atoms with Crippen molar-refractivity contribution in [1.29, 1.82) is 0 Å². The predicted molar refractivity (Wildman–Crippen MR) is 60.7 cm³/mol. The second-order valence-corrected chi connectivity index (χ2v) is 3.50. The zero-order chi connectivity index (χ0) is 13.1. The maximum Gasteiger partial charge on any atom is 0.407 e. The molecule has 0 bridgehead atoms. The number of alkyl carbamates (subject to hydrolysis) is 1. The molecule has 0 unspecified atom stereocenters. The first-order chi connectivity index (χ1) is 8.07. The van der Waals surface area contributed by atoms with Crippen LogP contribution in [-0.2, 0) is 14.3 Å². The molecule has 0 radical (unpaired) electrons. The van der Waals surface area contributed by atoms with Gasteiger partial charge >= 0.3 is 12.1 Å². The molecule has 4 N–H and O–H groups in total. The van der Waals surface area contributed by atoms with E-state index in [2.05, 4.69) is 5.32 Å². The maximum atomic E-state index is 11.0. The van der Waals surface area contributed by atoms with Gasteiger partial charge in [-0.3, -0.25) is 4.79 Å². The quantitative estimate of drug-likeness (QED) is 0.493. The molecule has 0 aromatic carbocycles. The number of methoxy groups -OCH3 is 1. The minimum Gasteiger partial charge on any atom is -0.480 e. The smallest absolute Gasteiger partial charge is 0.407 e. The van der Waals surface area contributed by atoms with Gasteiger partial charge in [-0.15, -0.1) is 0 Å². The van der Waals surface area contributed by atoms with Crippen LogP contribution in [0.15, 0.2) is 0 Å². The Morgan fingerprint density at radius 2 is 2.06 bits per heavy atom. The van der Waals surface area contributed by atoms with Gasteiger partial charge < -0.3 is 25.6 Å². The monoisotopic (exact) mass is 248 g/mol. The van der Waals surface area contributed by atoms with E-state index in [4.69, 9.17) is 20.3 Å². The molecule has 0 saturated carbocycles. The number of aliphatic carboxylic acids is 1. The van der Waals surface area contributed by atoms with Gasteiger partial charge in [-0.1, -0.05) is 0 Å². The number of carbonyl (C=O) groups is 2. The molecule has 7 heteroatoms. The van der Waals surface area contributed by atoms with Gasteiger partial charge in [0.1, 0.15) is 12.6 Å². The van der Waals surface area contributed by atoms with Crippen LogP contribution in [0.25, 0.3) is 0 Å². The third-order valence-electron chi connectivity index (χ3n) is 2.05. The molecule has 0 rings (SSSR count). The Bertz CT molecular complexity index is 235. The van der Waals surface area contributed by atoms with Crippen molar-refractivity contribution < 1.29 is 24.2 Å². The number of amides is 1. The number of unbranched alkanes of at least 4 members (excludes halogenated alkanes) is 1. The average molecular weight is 248 g/mol. The van der Waals surface area contributed by atoms with Crippen molar-refractivity contribution in [3.63, 3.8) is 0 Å². The molecule has 0 fully saturated rings. The minimum absolute atomic E-state index is 0.215. The van der Waals surface area contributed by atoms with E-state index in [0.29, 0.717) is 32.4 Å². The Balaban J connectivity index is 3.33. The number of ether oxygens (including phenoxy) is 2. The van der Waals surface area contributed by atoms with E-state index >= 15 is 0 Å². The molecule has 0 aliphatic carbocycles. The van der Waals surface area contributed by atoms with Crippen molar-refractivity contribution in [3.8, 4) is 0 Å². The highest BCUT2D eigenvalue weighted by molar-refractivity contribution is 5.72. The number of carboxylic acid groups (broad SMARTS) is 1. The zero-order valence-corrected chi connectivity index (χ0v) is 9.98. The highest BCUT2D eigenvalue weighted by atomic mass is 16.6. The van der Waals surface area contributed by atoms with Crippen molar-refractivity contribution in [2.45, 2.75) is 25.3 Å². The summed E-state index contributed by atoms with van der Waals surface area (Å²) < 4.78 is 9.46. The Kier molecular flexibility index (Phi) is 9.08. The van der Waals surface area contributed by atoms with Gasteiger partial charge in [0.2, 0.25) is 0 Å². The highest BCUT2D eigenvalue weighted by Crippen LogP contribution is 1.98. The van der Waals surface area contributed by atoms with Crippen LogP contribution < -0.4 is 11.1 Å². The van der Waals surface area contributed by atoms with Crippen LogP contribution in [0.3, 0.4) is 0 Å². The van der Waals surface area contributed by atoms with Crippen LogP contribution in [0.2, 0.25) is 0 Å². The first kappa shape index (κ1) is 15.7. The van der Waals surface area contributed by atoms with E-state index in [1.165, 1.54) is 7.11 Å². The second-order valence-electron chi connectivity index (χ2n) is 3.50. The van der Waals surface area contributed by atoms with Crippen LogP contribution in [0.1, 0.15) is 19.3 Å². The molecule has 100 valence electrons. The number of carbonyl (C=O) groups excluding carboxylic acids is 1. The molecule has 0 aromatic heterocycles. The molecule has 0 spiro atoms. The van der Waals surface area contributed by atoms with Crippen LogP contribution in [0.5, 0.6) is 0 Å². The van der Waals surface area contributed by atoms with Gasteiger partial charge in [0.15, 0.2) is 0 Å². The fourth-order valence-corrected chi connectivity index (χ4v) is 1.07. The lowest BCUT2D eigenvalue weighted by Crippen LogP contribution is -2.30. The lowest BCUT2D eigenvalue weighted by molar-refractivity contribution is -0.138. The lowest BCUT2D eigenvalue weighted by atomic mass is 10.1. The van der Waals surface area contributed by atoms with Crippen molar-refractivity contribution in [1.82, 2.24) is 5.32 Å². The Hall–Kier alpha value is -1.34. The van der Waals surface area contributed by atoms with Crippen LogP contribution >= 0.6 is 0 Å². The van der Waals surface area contributed by atoms with E-state index < -0.39 is 18.1 Å². The van der Waals surface area contributed by atoms with Crippen LogP contribution in [0.4, 0.5) is 4.79 Å².